The predicted octanol–water partition coefficient (Wildman–Crippen LogP) is 3.28. The van der Waals surface area contributed by atoms with Gasteiger partial charge in [-0.05, 0) is 31.5 Å². The van der Waals surface area contributed by atoms with Crippen LogP contribution in [0.25, 0.3) is 0 Å². The molecule has 1 fully saturated rings. The summed E-state index contributed by atoms with van der Waals surface area (Å²) in [5.74, 6) is 0. The lowest BCUT2D eigenvalue weighted by atomic mass is 10.0. The number of para-hydroxylation sites is 1. The molecule has 0 saturated carbocycles. The minimum absolute atomic E-state index is 0.310. The number of piperidine rings is 1. The Morgan fingerprint density at radius 3 is 2.42 bits per heavy atom. The number of alkyl halides is 3. The Labute approximate surface area is 111 Å². The highest BCUT2D eigenvalue weighted by atomic mass is 19.4. The van der Waals surface area contributed by atoms with E-state index in [9.17, 15) is 13.2 Å². The molecule has 0 unspecified atom stereocenters. The third-order valence-corrected chi connectivity index (χ3v) is 3.54. The molecule has 1 heterocycles. The second-order valence-corrected chi connectivity index (χ2v) is 4.83. The van der Waals surface area contributed by atoms with Crippen molar-refractivity contribution in [3.05, 3.63) is 29.8 Å². The van der Waals surface area contributed by atoms with Crippen LogP contribution in [-0.2, 0) is 6.18 Å². The van der Waals surface area contributed by atoms with E-state index < -0.39 is 11.7 Å². The number of nitrogens with zero attached hydrogens (tertiary/aromatic N) is 1. The highest BCUT2D eigenvalue weighted by Crippen LogP contribution is 2.37. The van der Waals surface area contributed by atoms with E-state index in [0.717, 1.165) is 25.5 Å². The second kappa shape index (κ2) is 5.82. The van der Waals surface area contributed by atoms with Crippen LogP contribution in [0.5, 0.6) is 0 Å². The van der Waals surface area contributed by atoms with Gasteiger partial charge in [0.15, 0.2) is 0 Å². The topological polar surface area (TPSA) is 15.3 Å². The largest absolute Gasteiger partial charge is 0.418 e. The lowest BCUT2D eigenvalue weighted by Crippen LogP contribution is -2.43. The number of benzene rings is 1. The molecule has 106 valence electrons. The first-order valence-electron chi connectivity index (χ1n) is 6.67. The Hall–Kier alpha value is -1.23. The van der Waals surface area contributed by atoms with E-state index in [4.69, 9.17) is 0 Å². The van der Waals surface area contributed by atoms with Crippen LogP contribution >= 0.6 is 0 Å². The van der Waals surface area contributed by atoms with Gasteiger partial charge in [-0.15, -0.1) is 0 Å². The lowest BCUT2D eigenvalue weighted by molar-refractivity contribution is -0.137. The van der Waals surface area contributed by atoms with E-state index in [1.54, 1.807) is 12.1 Å². The molecule has 2 rings (SSSR count). The van der Waals surface area contributed by atoms with Crippen molar-refractivity contribution in [2.75, 3.05) is 24.5 Å². The van der Waals surface area contributed by atoms with Gasteiger partial charge in [-0.3, -0.25) is 0 Å². The highest BCUT2D eigenvalue weighted by Gasteiger charge is 2.35. The average molecular weight is 272 g/mol. The van der Waals surface area contributed by atoms with Gasteiger partial charge in [0.25, 0.3) is 0 Å². The quantitative estimate of drug-likeness (QED) is 0.908. The van der Waals surface area contributed by atoms with E-state index in [1.165, 1.54) is 6.07 Å². The van der Waals surface area contributed by atoms with E-state index >= 15 is 0 Å². The van der Waals surface area contributed by atoms with E-state index in [1.807, 2.05) is 11.8 Å². The monoisotopic (exact) mass is 272 g/mol. The fourth-order valence-corrected chi connectivity index (χ4v) is 2.60. The smallest absolute Gasteiger partial charge is 0.371 e. The molecule has 1 aromatic rings. The maximum absolute atomic E-state index is 13.0. The number of rotatable bonds is 3. The van der Waals surface area contributed by atoms with Gasteiger partial charge in [0.05, 0.1) is 5.56 Å². The molecule has 1 saturated heterocycles. The summed E-state index contributed by atoms with van der Waals surface area (Å²) in [7, 11) is 0. The van der Waals surface area contributed by atoms with Gasteiger partial charge < -0.3 is 10.2 Å². The third-order valence-electron chi connectivity index (χ3n) is 3.54. The van der Waals surface area contributed by atoms with Crippen molar-refractivity contribution < 1.29 is 13.2 Å². The molecule has 0 spiro atoms. The van der Waals surface area contributed by atoms with Crippen molar-refractivity contribution in [3.63, 3.8) is 0 Å². The Morgan fingerprint density at radius 1 is 1.21 bits per heavy atom. The Morgan fingerprint density at radius 2 is 1.84 bits per heavy atom. The number of hydrogen-bond donors (Lipinski definition) is 1. The zero-order chi connectivity index (χ0) is 13.9. The zero-order valence-electron chi connectivity index (χ0n) is 11.0. The third kappa shape index (κ3) is 3.41. The van der Waals surface area contributed by atoms with Crippen molar-refractivity contribution in [2.24, 2.45) is 0 Å². The lowest BCUT2D eigenvalue weighted by Gasteiger charge is -2.35. The van der Waals surface area contributed by atoms with Crippen molar-refractivity contribution in [2.45, 2.75) is 32.0 Å². The standard InChI is InChI=1S/C14H19F3N2/c1-2-18-11-7-9-19(10-8-11)13-6-4-3-5-12(13)14(15,16)17/h3-6,11,18H,2,7-10H2,1H3. The van der Waals surface area contributed by atoms with Crippen molar-refractivity contribution >= 4 is 5.69 Å². The van der Waals surface area contributed by atoms with Crippen LogP contribution < -0.4 is 10.2 Å². The summed E-state index contributed by atoms with van der Waals surface area (Å²) in [4.78, 5) is 1.84. The number of nitrogens with one attached hydrogen (secondary N) is 1. The number of halogens is 3. The minimum atomic E-state index is -4.28. The van der Waals surface area contributed by atoms with Crippen LogP contribution in [-0.4, -0.2) is 25.7 Å². The summed E-state index contributed by atoms with van der Waals surface area (Å²) in [6, 6.07) is 6.26. The van der Waals surface area contributed by atoms with Gasteiger partial charge in [0.1, 0.15) is 0 Å². The number of anilines is 1. The number of hydrogen-bond acceptors (Lipinski definition) is 2. The molecule has 1 aliphatic heterocycles. The second-order valence-electron chi connectivity index (χ2n) is 4.83. The van der Waals surface area contributed by atoms with Gasteiger partial charge in [-0.1, -0.05) is 19.1 Å². The Balaban J connectivity index is 2.12. The van der Waals surface area contributed by atoms with Crippen molar-refractivity contribution in [3.8, 4) is 0 Å². The summed E-state index contributed by atoms with van der Waals surface area (Å²) in [6.45, 7) is 4.30. The summed E-state index contributed by atoms with van der Waals surface area (Å²) >= 11 is 0. The van der Waals surface area contributed by atoms with Crippen LogP contribution in [0.4, 0.5) is 18.9 Å². The summed E-state index contributed by atoms with van der Waals surface area (Å²) < 4.78 is 38.9. The molecule has 0 aliphatic carbocycles. The SMILES string of the molecule is CCNC1CCN(c2ccccc2C(F)(F)F)CC1. The van der Waals surface area contributed by atoms with Crippen LogP contribution in [0.15, 0.2) is 24.3 Å². The first-order valence-corrected chi connectivity index (χ1v) is 6.67. The molecule has 1 aliphatic rings. The minimum Gasteiger partial charge on any atom is -0.371 e. The molecular formula is C14H19F3N2. The molecule has 0 bridgehead atoms. The Bertz CT molecular complexity index is 409. The summed E-state index contributed by atoms with van der Waals surface area (Å²) in [6.07, 6.45) is -2.50. The van der Waals surface area contributed by atoms with E-state index in [2.05, 4.69) is 5.32 Å². The molecule has 5 heteroatoms. The molecule has 1 aromatic carbocycles. The van der Waals surface area contributed by atoms with Crippen LogP contribution in [0.2, 0.25) is 0 Å². The zero-order valence-corrected chi connectivity index (χ0v) is 11.0. The molecule has 0 atom stereocenters. The highest BCUT2D eigenvalue weighted by molar-refractivity contribution is 5.55. The maximum Gasteiger partial charge on any atom is 0.418 e. The van der Waals surface area contributed by atoms with Crippen molar-refractivity contribution in [1.82, 2.24) is 5.32 Å². The molecule has 1 N–H and O–H groups in total. The molecule has 19 heavy (non-hydrogen) atoms. The maximum atomic E-state index is 13.0. The normalized spacial score (nSPS) is 17.8. The molecule has 0 amide bonds. The van der Waals surface area contributed by atoms with Crippen LogP contribution in [0.1, 0.15) is 25.3 Å². The van der Waals surface area contributed by atoms with E-state index in [0.29, 0.717) is 24.8 Å². The fraction of sp³-hybridized carbons (Fsp3) is 0.571. The first kappa shape index (κ1) is 14.2. The molecule has 0 aromatic heterocycles. The van der Waals surface area contributed by atoms with Gasteiger partial charge in [-0.2, -0.15) is 13.2 Å². The van der Waals surface area contributed by atoms with Crippen LogP contribution in [0, 0.1) is 0 Å². The average Bonchev–Trinajstić information content (AvgIpc) is 2.39. The van der Waals surface area contributed by atoms with Crippen LogP contribution in [0.3, 0.4) is 0 Å². The van der Waals surface area contributed by atoms with Gasteiger partial charge in [0, 0.05) is 24.8 Å². The molecule has 2 nitrogen and oxygen atoms in total. The molecular weight excluding hydrogens is 253 g/mol. The predicted molar refractivity (Wildman–Crippen MR) is 70.4 cm³/mol. The molecule has 0 radical (unpaired) electrons. The van der Waals surface area contributed by atoms with Gasteiger partial charge in [-0.25, -0.2) is 0 Å². The Kier molecular flexibility index (Phi) is 4.34. The summed E-state index contributed by atoms with van der Waals surface area (Å²) in [5, 5.41) is 3.35. The summed E-state index contributed by atoms with van der Waals surface area (Å²) in [5.41, 5.74) is -0.221. The van der Waals surface area contributed by atoms with Crippen molar-refractivity contribution in [1.29, 1.82) is 0 Å². The van der Waals surface area contributed by atoms with Gasteiger partial charge in [0.2, 0.25) is 0 Å². The first-order chi connectivity index (χ1) is 9.02. The fourth-order valence-electron chi connectivity index (χ4n) is 2.60. The van der Waals surface area contributed by atoms with Gasteiger partial charge >= 0.3 is 6.18 Å². The van der Waals surface area contributed by atoms with E-state index in [-0.39, 0.29) is 0 Å².